The highest BCUT2D eigenvalue weighted by Crippen LogP contribution is 1.96. The Hall–Kier alpha value is -1.18. The summed E-state index contributed by atoms with van der Waals surface area (Å²) >= 11 is 0. The summed E-state index contributed by atoms with van der Waals surface area (Å²) < 4.78 is 0. The maximum atomic E-state index is 8.75. The molecule has 0 fully saturated rings. The first-order valence-corrected chi connectivity index (χ1v) is 2.56. The van der Waals surface area contributed by atoms with Crippen LogP contribution in [0.1, 0.15) is 6.92 Å². The minimum absolute atomic E-state index is 0.0897. The van der Waals surface area contributed by atoms with Crippen molar-refractivity contribution in [3.63, 3.8) is 0 Å². The lowest BCUT2D eigenvalue weighted by Gasteiger charge is -1.89. The van der Waals surface area contributed by atoms with Crippen molar-refractivity contribution in [3.05, 3.63) is 36.3 Å². The Balaban J connectivity index is 4.06. The van der Waals surface area contributed by atoms with Gasteiger partial charge in [-0.25, -0.2) is 0 Å². The van der Waals surface area contributed by atoms with Crippen LogP contribution in [0.2, 0.25) is 0 Å². The van der Waals surface area contributed by atoms with Crippen LogP contribution in [0.5, 0.6) is 0 Å². The maximum absolute atomic E-state index is 8.75. The Morgan fingerprint density at radius 1 is 1.44 bits per heavy atom. The SMILES string of the molecule is C=CC=C/C(O)=C(\C)O. The third-order valence-electron chi connectivity index (χ3n) is 0.761. The average molecular weight is 126 g/mol. The highest BCUT2D eigenvalue weighted by atomic mass is 16.3. The van der Waals surface area contributed by atoms with Crippen molar-refractivity contribution >= 4 is 0 Å². The molecule has 0 radical (unpaired) electrons. The molecule has 2 N–H and O–H groups in total. The summed E-state index contributed by atoms with van der Waals surface area (Å²) in [6, 6.07) is 0. The van der Waals surface area contributed by atoms with Crippen molar-refractivity contribution < 1.29 is 10.2 Å². The number of hydrogen-bond donors (Lipinski definition) is 2. The first-order chi connectivity index (χ1) is 4.18. The number of aliphatic hydroxyl groups is 2. The Morgan fingerprint density at radius 2 is 2.00 bits per heavy atom. The molecule has 2 nitrogen and oxygen atoms in total. The summed E-state index contributed by atoms with van der Waals surface area (Å²) in [5, 5.41) is 17.3. The molecule has 0 aromatic carbocycles. The van der Waals surface area contributed by atoms with Gasteiger partial charge in [-0.15, -0.1) is 0 Å². The Bertz CT molecular complexity index is 150. The lowest BCUT2D eigenvalue weighted by molar-refractivity contribution is 0.340. The Kier molecular flexibility index (Phi) is 3.28. The van der Waals surface area contributed by atoms with Crippen molar-refractivity contribution in [2.24, 2.45) is 0 Å². The molecule has 0 heterocycles. The van der Waals surface area contributed by atoms with Gasteiger partial charge in [0.1, 0.15) is 5.76 Å². The van der Waals surface area contributed by atoms with E-state index in [4.69, 9.17) is 10.2 Å². The third-order valence-corrected chi connectivity index (χ3v) is 0.761. The zero-order valence-electron chi connectivity index (χ0n) is 5.33. The zero-order chi connectivity index (χ0) is 7.28. The van der Waals surface area contributed by atoms with Crippen LogP contribution in [0, 0.1) is 0 Å². The fourth-order valence-corrected chi connectivity index (χ4v) is 0.280. The molecule has 0 amide bonds. The molecule has 0 spiro atoms. The monoisotopic (exact) mass is 126 g/mol. The standard InChI is InChI=1S/C7H10O2/c1-3-4-5-7(9)6(2)8/h3-5,8-9H,1H2,2H3/b5-4?,7-6-. The van der Waals surface area contributed by atoms with Crippen LogP contribution in [-0.2, 0) is 0 Å². The molecule has 0 unspecified atom stereocenters. The Labute approximate surface area is 54.4 Å². The van der Waals surface area contributed by atoms with Gasteiger partial charge in [-0.05, 0) is 13.0 Å². The lowest BCUT2D eigenvalue weighted by atomic mass is 10.4. The van der Waals surface area contributed by atoms with Gasteiger partial charge in [0.15, 0.2) is 5.76 Å². The van der Waals surface area contributed by atoms with Crippen LogP contribution in [0.15, 0.2) is 36.3 Å². The van der Waals surface area contributed by atoms with Crippen LogP contribution < -0.4 is 0 Å². The molecule has 0 aliphatic carbocycles. The topological polar surface area (TPSA) is 40.5 Å². The number of aliphatic hydroxyl groups excluding tert-OH is 2. The van der Waals surface area contributed by atoms with Crippen molar-refractivity contribution in [2.75, 3.05) is 0 Å². The minimum Gasteiger partial charge on any atom is -0.509 e. The van der Waals surface area contributed by atoms with E-state index in [1.54, 1.807) is 0 Å². The zero-order valence-corrected chi connectivity index (χ0v) is 5.33. The van der Waals surface area contributed by atoms with E-state index < -0.39 is 0 Å². The largest absolute Gasteiger partial charge is 0.509 e. The molecule has 0 saturated heterocycles. The summed E-state index contributed by atoms with van der Waals surface area (Å²) in [5.41, 5.74) is 0. The van der Waals surface area contributed by atoms with E-state index in [0.717, 1.165) is 0 Å². The van der Waals surface area contributed by atoms with Crippen molar-refractivity contribution in [3.8, 4) is 0 Å². The first-order valence-electron chi connectivity index (χ1n) is 2.56. The van der Waals surface area contributed by atoms with Gasteiger partial charge in [0, 0.05) is 0 Å². The quantitative estimate of drug-likeness (QED) is 0.439. The van der Waals surface area contributed by atoms with Crippen LogP contribution in [0.4, 0.5) is 0 Å². The highest BCUT2D eigenvalue weighted by Gasteiger charge is 1.87. The van der Waals surface area contributed by atoms with Gasteiger partial charge in [0.05, 0.1) is 0 Å². The Morgan fingerprint density at radius 3 is 2.33 bits per heavy atom. The summed E-state index contributed by atoms with van der Waals surface area (Å²) in [7, 11) is 0. The van der Waals surface area contributed by atoms with Crippen LogP contribution in [-0.4, -0.2) is 10.2 Å². The summed E-state index contributed by atoms with van der Waals surface area (Å²) in [4.78, 5) is 0. The molecule has 50 valence electrons. The molecular formula is C7H10O2. The molecule has 0 bridgehead atoms. The molecule has 0 aliphatic heterocycles. The molecule has 0 aromatic heterocycles. The number of hydrogen-bond acceptors (Lipinski definition) is 2. The van der Waals surface area contributed by atoms with Crippen molar-refractivity contribution in [2.45, 2.75) is 6.92 Å². The number of rotatable bonds is 2. The predicted octanol–water partition coefficient (Wildman–Crippen LogP) is 2.08. The van der Waals surface area contributed by atoms with Crippen LogP contribution in [0.3, 0.4) is 0 Å². The fraction of sp³-hybridized carbons (Fsp3) is 0.143. The van der Waals surface area contributed by atoms with Crippen molar-refractivity contribution in [1.29, 1.82) is 0 Å². The predicted molar refractivity (Wildman–Crippen MR) is 37.3 cm³/mol. The van der Waals surface area contributed by atoms with Gasteiger partial charge in [-0.2, -0.15) is 0 Å². The minimum atomic E-state index is -0.130. The molecule has 0 atom stereocenters. The van der Waals surface area contributed by atoms with Gasteiger partial charge in [0.25, 0.3) is 0 Å². The van der Waals surface area contributed by atoms with Crippen LogP contribution >= 0.6 is 0 Å². The first kappa shape index (κ1) is 7.82. The summed E-state index contributed by atoms with van der Waals surface area (Å²) in [6.45, 7) is 4.80. The molecule has 0 aliphatic rings. The molecular weight excluding hydrogens is 116 g/mol. The van der Waals surface area contributed by atoms with E-state index in [0.29, 0.717) is 0 Å². The molecule has 0 saturated carbocycles. The van der Waals surface area contributed by atoms with Gasteiger partial charge < -0.3 is 10.2 Å². The van der Waals surface area contributed by atoms with Gasteiger partial charge in [-0.1, -0.05) is 18.7 Å². The van der Waals surface area contributed by atoms with E-state index >= 15 is 0 Å². The second-order valence-corrected chi connectivity index (χ2v) is 1.57. The van der Waals surface area contributed by atoms with E-state index in [1.807, 2.05) is 0 Å². The van der Waals surface area contributed by atoms with E-state index in [2.05, 4.69) is 6.58 Å². The molecule has 9 heavy (non-hydrogen) atoms. The highest BCUT2D eigenvalue weighted by molar-refractivity contribution is 5.16. The van der Waals surface area contributed by atoms with E-state index in [9.17, 15) is 0 Å². The maximum Gasteiger partial charge on any atom is 0.152 e. The lowest BCUT2D eigenvalue weighted by Crippen LogP contribution is -1.79. The normalized spacial score (nSPS) is 13.4. The molecule has 0 aromatic rings. The van der Waals surface area contributed by atoms with Gasteiger partial charge in [0.2, 0.25) is 0 Å². The number of allylic oxidation sites excluding steroid dienone is 4. The van der Waals surface area contributed by atoms with Gasteiger partial charge >= 0.3 is 0 Å². The van der Waals surface area contributed by atoms with Crippen LogP contribution in [0.25, 0.3) is 0 Å². The second-order valence-electron chi connectivity index (χ2n) is 1.57. The van der Waals surface area contributed by atoms with E-state index in [-0.39, 0.29) is 11.5 Å². The molecule has 2 heteroatoms. The average Bonchev–Trinajstić information content (AvgIpc) is 1.82. The van der Waals surface area contributed by atoms with Gasteiger partial charge in [-0.3, -0.25) is 0 Å². The second kappa shape index (κ2) is 3.78. The van der Waals surface area contributed by atoms with Crippen molar-refractivity contribution in [1.82, 2.24) is 0 Å². The molecule has 0 rings (SSSR count). The fourth-order valence-electron chi connectivity index (χ4n) is 0.280. The summed E-state index contributed by atoms with van der Waals surface area (Å²) in [6.07, 6.45) is 4.41. The summed E-state index contributed by atoms with van der Waals surface area (Å²) in [5.74, 6) is -0.219. The third kappa shape index (κ3) is 3.41. The van der Waals surface area contributed by atoms with E-state index in [1.165, 1.54) is 25.2 Å². The smallest absolute Gasteiger partial charge is 0.152 e.